The number of rotatable bonds is 6. The Morgan fingerprint density at radius 2 is 1.89 bits per heavy atom. The van der Waals surface area contributed by atoms with Crippen LogP contribution in [0.2, 0.25) is 0 Å². The SMILES string of the molecule is CCOc1ccc(OCC(=O)N2CCC[C@@H](c3nnc4ccccn34)C2)cc1. The summed E-state index contributed by atoms with van der Waals surface area (Å²) in [6.45, 7) is 3.98. The summed E-state index contributed by atoms with van der Waals surface area (Å²) in [5.41, 5.74) is 0.833. The van der Waals surface area contributed by atoms with Gasteiger partial charge in [0, 0.05) is 25.2 Å². The molecule has 1 aliphatic heterocycles. The molecule has 4 rings (SSSR count). The lowest BCUT2D eigenvalue weighted by Crippen LogP contribution is -2.42. The molecule has 0 saturated carbocycles. The predicted molar refractivity (Wildman–Crippen MR) is 105 cm³/mol. The highest BCUT2D eigenvalue weighted by Gasteiger charge is 2.28. The molecule has 146 valence electrons. The van der Waals surface area contributed by atoms with Crippen LogP contribution in [0.1, 0.15) is 31.5 Å². The monoisotopic (exact) mass is 380 g/mol. The second-order valence-electron chi connectivity index (χ2n) is 6.86. The summed E-state index contributed by atoms with van der Waals surface area (Å²) in [6, 6.07) is 13.2. The Bertz CT molecular complexity index is 938. The standard InChI is InChI=1S/C21H24N4O3/c1-2-27-17-8-10-18(11-9-17)28-15-20(26)24-12-5-6-16(14-24)21-23-22-19-7-3-4-13-25(19)21/h3-4,7-11,13,16H,2,5-6,12,14-15H2,1H3/t16-/m1/s1. The Morgan fingerprint density at radius 3 is 2.68 bits per heavy atom. The predicted octanol–water partition coefficient (Wildman–Crippen LogP) is 2.91. The van der Waals surface area contributed by atoms with Gasteiger partial charge in [-0.3, -0.25) is 9.20 Å². The molecule has 7 nitrogen and oxygen atoms in total. The van der Waals surface area contributed by atoms with Crippen molar-refractivity contribution in [1.82, 2.24) is 19.5 Å². The molecule has 2 aromatic heterocycles. The molecule has 1 fully saturated rings. The summed E-state index contributed by atoms with van der Waals surface area (Å²) in [5, 5.41) is 8.60. The maximum absolute atomic E-state index is 12.7. The lowest BCUT2D eigenvalue weighted by molar-refractivity contribution is -0.134. The van der Waals surface area contributed by atoms with E-state index in [0.717, 1.165) is 36.6 Å². The van der Waals surface area contributed by atoms with Crippen molar-refractivity contribution < 1.29 is 14.3 Å². The van der Waals surface area contributed by atoms with Gasteiger partial charge in [0.15, 0.2) is 12.3 Å². The smallest absolute Gasteiger partial charge is 0.260 e. The zero-order chi connectivity index (χ0) is 19.3. The molecule has 0 spiro atoms. The van der Waals surface area contributed by atoms with E-state index in [1.54, 1.807) is 0 Å². The number of hydrogen-bond acceptors (Lipinski definition) is 5. The van der Waals surface area contributed by atoms with Crippen LogP contribution in [-0.2, 0) is 4.79 Å². The summed E-state index contributed by atoms with van der Waals surface area (Å²) in [5.74, 6) is 2.54. The van der Waals surface area contributed by atoms with Crippen LogP contribution < -0.4 is 9.47 Å². The number of likely N-dealkylation sites (tertiary alicyclic amines) is 1. The quantitative estimate of drug-likeness (QED) is 0.658. The molecule has 0 N–H and O–H groups in total. The van der Waals surface area contributed by atoms with Crippen LogP contribution in [0, 0.1) is 0 Å². The highest BCUT2D eigenvalue weighted by molar-refractivity contribution is 5.78. The second kappa shape index (κ2) is 8.29. The van der Waals surface area contributed by atoms with Crippen LogP contribution in [0.3, 0.4) is 0 Å². The molecule has 3 aromatic rings. The lowest BCUT2D eigenvalue weighted by Gasteiger charge is -2.31. The molecule has 1 aromatic carbocycles. The fourth-order valence-corrected chi connectivity index (χ4v) is 3.59. The van der Waals surface area contributed by atoms with Crippen molar-refractivity contribution >= 4 is 11.6 Å². The van der Waals surface area contributed by atoms with Crippen molar-refractivity contribution in [1.29, 1.82) is 0 Å². The van der Waals surface area contributed by atoms with Gasteiger partial charge in [0.1, 0.15) is 17.3 Å². The molecule has 0 unspecified atom stereocenters. The van der Waals surface area contributed by atoms with Gasteiger partial charge < -0.3 is 14.4 Å². The number of ether oxygens (including phenoxy) is 2. The number of benzene rings is 1. The Labute approximate surface area is 163 Å². The second-order valence-corrected chi connectivity index (χ2v) is 6.86. The van der Waals surface area contributed by atoms with Crippen molar-refractivity contribution in [2.75, 3.05) is 26.3 Å². The summed E-state index contributed by atoms with van der Waals surface area (Å²) in [4.78, 5) is 14.5. The van der Waals surface area contributed by atoms with Gasteiger partial charge in [-0.05, 0) is 56.2 Å². The summed E-state index contributed by atoms with van der Waals surface area (Å²) < 4.78 is 13.1. The van der Waals surface area contributed by atoms with E-state index in [9.17, 15) is 4.79 Å². The molecule has 7 heteroatoms. The fraction of sp³-hybridized carbons (Fsp3) is 0.381. The number of aromatic nitrogens is 3. The van der Waals surface area contributed by atoms with E-state index in [1.807, 2.05) is 64.9 Å². The molecule has 3 heterocycles. The van der Waals surface area contributed by atoms with E-state index < -0.39 is 0 Å². The Kier molecular flexibility index (Phi) is 5.41. The van der Waals surface area contributed by atoms with Crippen molar-refractivity contribution in [3.8, 4) is 11.5 Å². The molecule has 1 saturated heterocycles. The molecule has 1 atom stereocenters. The third-order valence-electron chi connectivity index (χ3n) is 4.98. The van der Waals surface area contributed by atoms with E-state index in [-0.39, 0.29) is 18.4 Å². The molecule has 0 aliphatic carbocycles. The Morgan fingerprint density at radius 1 is 1.11 bits per heavy atom. The van der Waals surface area contributed by atoms with Crippen LogP contribution in [-0.4, -0.2) is 51.7 Å². The van der Waals surface area contributed by atoms with Crippen LogP contribution in [0.15, 0.2) is 48.7 Å². The first kappa shape index (κ1) is 18.3. The van der Waals surface area contributed by atoms with Crippen molar-refractivity contribution in [2.45, 2.75) is 25.7 Å². The lowest BCUT2D eigenvalue weighted by atomic mass is 9.97. The maximum atomic E-state index is 12.7. The maximum Gasteiger partial charge on any atom is 0.260 e. The van der Waals surface area contributed by atoms with Crippen LogP contribution in [0.5, 0.6) is 11.5 Å². The van der Waals surface area contributed by atoms with E-state index in [4.69, 9.17) is 9.47 Å². The topological polar surface area (TPSA) is 69.0 Å². The number of nitrogens with zero attached hydrogens (tertiary/aromatic N) is 4. The van der Waals surface area contributed by atoms with E-state index in [2.05, 4.69) is 10.2 Å². The van der Waals surface area contributed by atoms with Crippen molar-refractivity contribution in [3.05, 3.63) is 54.5 Å². The first-order chi connectivity index (χ1) is 13.7. The number of carbonyl (C=O) groups excluding carboxylic acids is 1. The average molecular weight is 380 g/mol. The van der Waals surface area contributed by atoms with Gasteiger partial charge >= 0.3 is 0 Å². The number of hydrogen-bond donors (Lipinski definition) is 0. The minimum absolute atomic E-state index is 0.00703. The molecule has 1 amide bonds. The summed E-state index contributed by atoms with van der Waals surface area (Å²) >= 11 is 0. The first-order valence-corrected chi connectivity index (χ1v) is 9.67. The minimum atomic E-state index is -0.00703. The van der Waals surface area contributed by atoms with Crippen LogP contribution >= 0.6 is 0 Å². The van der Waals surface area contributed by atoms with Crippen LogP contribution in [0.25, 0.3) is 5.65 Å². The third kappa shape index (κ3) is 3.93. The number of amides is 1. The van der Waals surface area contributed by atoms with E-state index >= 15 is 0 Å². The average Bonchev–Trinajstić information content (AvgIpc) is 3.17. The largest absolute Gasteiger partial charge is 0.494 e. The number of piperidine rings is 1. The van der Waals surface area contributed by atoms with Gasteiger partial charge in [-0.25, -0.2) is 0 Å². The normalized spacial score (nSPS) is 16.9. The van der Waals surface area contributed by atoms with Gasteiger partial charge in [0.25, 0.3) is 5.91 Å². The summed E-state index contributed by atoms with van der Waals surface area (Å²) in [6.07, 6.45) is 3.92. The van der Waals surface area contributed by atoms with Crippen molar-refractivity contribution in [3.63, 3.8) is 0 Å². The molecular formula is C21H24N4O3. The molecule has 0 bridgehead atoms. The Hall–Kier alpha value is -3.09. The molecule has 1 aliphatic rings. The number of carbonyl (C=O) groups is 1. The number of fused-ring (bicyclic) bond motifs is 1. The van der Waals surface area contributed by atoms with Gasteiger partial charge in [-0.15, -0.1) is 10.2 Å². The minimum Gasteiger partial charge on any atom is -0.494 e. The van der Waals surface area contributed by atoms with Gasteiger partial charge in [0.2, 0.25) is 0 Å². The van der Waals surface area contributed by atoms with E-state index in [0.29, 0.717) is 18.9 Å². The van der Waals surface area contributed by atoms with Gasteiger partial charge in [-0.2, -0.15) is 0 Å². The van der Waals surface area contributed by atoms with Gasteiger partial charge in [0.05, 0.1) is 6.61 Å². The highest BCUT2D eigenvalue weighted by Crippen LogP contribution is 2.26. The van der Waals surface area contributed by atoms with Gasteiger partial charge in [-0.1, -0.05) is 6.07 Å². The zero-order valence-corrected chi connectivity index (χ0v) is 16.0. The Balaban J connectivity index is 1.36. The zero-order valence-electron chi connectivity index (χ0n) is 16.0. The highest BCUT2D eigenvalue weighted by atomic mass is 16.5. The van der Waals surface area contributed by atoms with Crippen LogP contribution in [0.4, 0.5) is 0 Å². The molecular weight excluding hydrogens is 356 g/mol. The fourth-order valence-electron chi connectivity index (χ4n) is 3.59. The first-order valence-electron chi connectivity index (χ1n) is 9.67. The molecule has 0 radical (unpaired) electrons. The number of pyridine rings is 1. The molecule has 28 heavy (non-hydrogen) atoms. The third-order valence-corrected chi connectivity index (χ3v) is 4.98. The van der Waals surface area contributed by atoms with E-state index in [1.165, 1.54) is 0 Å². The summed E-state index contributed by atoms with van der Waals surface area (Å²) in [7, 11) is 0. The van der Waals surface area contributed by atoms with Crippen molar-refractivity contribution in [2.24, 2.45) is 0 Å².